The third kappa shape index (κ3) is 12.8. The van der Waals surface area contributed by atoms with Gasteiger partial charge in [0, 0.05) is 55.6 Å². The van der Waals surface area contributed by atoms with E-state index in [-0.39, 0.29) is 83.2 Å². The van der Waals surface area contributed by atoms with Gasteiger partial charge in [-0.2, -0.15) is 49.5 Å². The number of alkyl halides is 9. The lowest BCUT2D eigenvalue weighted by Crippen LogP contribution is -2.20. The van der Waals surface area contributed by atoms with E-state index in [1.807, 2.05) is 0 Å². The van der Waals surface area contributed by atoms with E-state index in [1.165, 1.54) is 65.0 Å². The zero-order valence-corrected chi connectivity index (χ0v) is 42.1. The van der Waals surface area contributed by atoms with Crippen molar-refractivity contribution in [1.29, 1.82) is 0 Å². The Morgan fingerprint density at radius 2 is 1.03 bits per heavy atom. The van der Waals surface area contributed by atoms with Gasteiger partial charge in [0.15, 0.2) is 52.8 Å². The van der Waals surface area contributed by atoms with Crippen LogP contribution in [-0.2, 0) is 39.7 Å². The van der Waals surface area contributed by atoms with Crippen molar-refractivity contribution in [1.82, 2.24) is 64.0 Å². The van der Waals surface area contributed by atoms with Crippen molar-refractivity contribution >= 4 is 0 Å². The van der Waals surface area contributed by atoms with Gasteiger partial charge >= 0.3 is 18.5 Å². The van der Waals surface area contributed by atoms with Gasteiger partial charge in [0.25, 0.3) is 11.8 Å². The van der Waals surface area contributed by atoms with Crippen LogP contribution in [0.2, 0.25) is 0 Å². The molecule has 2 fully saturated rings. The maximum absolute atomic E-state index is 14.9. The molecule has 19 nitrogen and oxygen atoms in total. The normalized spacial score (nSPS) is 13.6. The molecule has 1 aromatic carbocycles. The van der Waals surface area contributed by atoms with E-state index in [9.17, 15) is 43.9 Å². The predicted molar refractivity (Wildman–Crippen MR) is 255 cm³/mol. The van der Waals surface area contributed by atoms with Crippen LogP contribution in [0.5, 0.6) is 35.0 Å². The molecule has 0 unspecified atom stereocenters. The number of pyridine rings is 1. The monoisotopic (exact) mass is 1110 g/mol. The Morgan fingerprint density at radius 1 is 0.532 bits per heavy atom. The summed E-state index contributed by atoms with van der Waals surface area (Å²) in [7, 11) is 7.11. The predicted octanol–water partition coefficient (Wildman–Crippen LogP) is 10.1. The number of ether oxygens (including phenoxy) is 6. The molecule has 2 aliphatic rings. The number of imidazole rings is 2. The first-order chi connectivity index (χ1) is 37.6. The van der Waals surface area contributed by atoms with Crippen LogP contribution in [-0.4, -0.2) is 98.1 Å². The zero-order valence-electron chi connectivity index (χ0n) is 42.1. The molecule has 2 aliphatic carbocycles. The van der Waals surface area contributed by atoms with E-state index >= 15 is 0 Å². The highest BCUT2D eigenvalue weighted by Crippen LogP contribution is 2.47. The molecule has 79 heavy (non-hydrogen) atoms. The van der Waals surface area contributed by atoms with E-state index in [1.54, 1.807) is 24.3 Å². The molecule has 8 aromatic rings. The van der Waals surface area contributed by atoms with Crippen molar-refractivity contribution in [2.24, 2.45) is 14.1 Å². The van der Waals surface area contributed by atoms with Gasteiger partial charge in [0.1, 0.15) is 48.5 Å². The lowest BCUT2D eigenvalue weighted by molar-refractivity contribution is -0.153. The molecule has 7 heterocycles. The van der Waals surface area contributed by atoms with Crippen LogP contribution in [0, 0.1) is 5.82 Å². The molecule has 7 aromatic heterocycles. The SMILES string of the molecule is COc1cnc(-c2c(OC)ncnc2C2CC2)nc1OCc1cnc(-c2nc(C(F)(F)F)cn2C)c(F)c1.COc1ncnc(C2CC2)c1-c1ncc(OCC(F)(F)F)c(OCc2ccc(-c3nc(C(F)(F)F)cn3C)cc2)n1. The second kappa shape index (κ2) is 22.3. The van der Waals surface area contributed by atoms with Crippen LogP contribution in [0.3, 0.4) is 0 Å². The number of aromatic nitrogens is 13. The minimum absolute atomic E-state index is 0.0774. The van der Waals surface area contributed by atoms with Crippen LogP contribution < -0.4 is 28.4 Å². The van der Waals surface area contributed by atoms with E-state index in [2.05, 4.69) is 54.8 Å². The summed E-state index contributed by atoms with van der Waals surface area (Å²) in [6.07, 6.45) is -1.85. The minimum Gasteiger partial charge on any atom is -0.490 e. The molecule has 0 amide bonds. The lowest BCUT2D eigenvalue weighted by Gasteiger charge is -2.15. The molecule has 0 atom stereocenters. The second-order valence-electron chi connectivity index (χ2n) is 17.7. The van der Waals surface area contributed by atoms with Crippen molar-refractivity contribution in [3.05, 3.63) is 114 Å². The zero-order chi connectivity index (χ0) is 56.4. The van der Waals surface area contributed by atoms with E-state index < -0.39 is 42.3 Å². The van der Waals surface area contributed by atoms with Crippen LogP contribution in [0.15, 0.2) is 74.0 Å². The third-order valence-electron chi connectivity index (χ3n) is 11.9. The molecule has 10 rings (SSSR count). The number of methoxy groups -OCH3 is 3. The summed E-state index contributed by atoms with van der Waals surface area (Å²) < 4.78 is 166. The Bertz CT molecular complexity index is 3480. The van der Waals surface area contributed by atoms with E-state index in [4.69, 9.17) is 28.4 Å². The highest BCUT2D eigenvalue weighted by molar-refractivity contribution is 5.68. The topological polar surface area (TPSA) is 207 Å². The maximum atomic E-state index is 14.9. The molecule has 0 bridgehead atoms. The standard InChI is InChI=1S/C26H22F6N6O3.C24H21F4N7O3/c1-38-10-18(26(30,31)32)36-22(38)16-5-3-14(4-6-16)11-40-23-17(41-12-25(27,28)29)9-33-21(37-23)19-20(15-7-8-15)34-13-35-24(19)39-2;1-35-9-16(24(26,27)28)33-21(35)19-14(25)6-12(7-29-19)10-38-22-15(36-2)8-30-20(34-22)17-18(13-4-5-13)31-11-32-23(17)37-3/h3-6,9-10,13,15H,7-8,11-12H2,1-2H3;6-9,11,13H,4-5,10H2,1-3H3. The van der Waals surface area contributed by atoms with Gasteiger partial charge in [-0.15, -0.1) is 0 Å². The number of nitrogens with zero attached hydrogens (tertiary/aromatic N) is 13. The summed E-state index contributed by atoms with van der Waals surface area (Å²) >= 11 is 0. The molecular weight excluding hydrogens is 1070 g/mol. The molecule has 0 saturated heterocycles. The van der Waals surface area contributed by atoms with Crippen molar-refractivity contribution in [3.8, 4) is 80.7 Å². The van der Waals surface area contributed by atoms with Gasteiger partial charge in [-0.3, -0.25) is 0 Å². The molecule has 0 spiro atoms. The van der Waals surface area contributed by atoms with Gasteiger partial charge in [-0.1, -0.05) is 24.3 Å². The molecule has 0 N–H and O–H groups in total. The van der Waals surface area contributed by atoms with Gasteiger partial charge < -0.3 is 37.6 Å². The van der Waals surface area contributed by atoms with Crippen LogP contribution in [0.25, 0.3) is 45.7 Å². The van der Waals surface area contributed by atoms with Gasteiger partial charge in [0.2, 0.25) is 11.8 Å². The van der Waals surface area contributed by atoms with Gasteiger partial charge in [0.05, 0.1) is 45.1 Å². The van der Waals surface area contributed by atoms with Crippen molar-refractivity contribution in [2.75, 3.05) is 27.9 Å². The first-order valence-electron chi connectivity index (χ1n) is 23.6. The van der Waals surface area contributed by atoms with Gasteiger partial charge in [-0.05, 0) is 37.3 Å². The van der Waals surface area contributed by atoms with Crippen LogP contribution in [0.4, 0.5) is 43.9 Å². The van der Waals surface area contributed by atoms with E-state index in [0.717, 1.165) is 60.6 Å². The molecular formula is C50H43F10N13O6. The largest absolute Gasteiger partial charge is 0.490 e. The summed E-state index contributed by atoms with van der Waals surface area (Å²) in [5, 5.41) is 0. The Balaban J connectivity index is 0.000000192. The van der Waals surface area contributed by atoms with Gasteiger partial charge in [-0.25, -0.2) is 49.2 Å². The van der Waals surface area contributed by atoms with Crippen LogP contribution >= 0.6 is 0 Å². The molecule has 2 saturated carbocycles. The quantitative estimate of drug-likeness (QED) is 0.0777. The first kappa shape index (κ1) is 55.0. The van der Waals surface area contributed by atoms with Crippen molar-refractivity contribution in [3.63, 3.8) is 0 Å². The Kier molecular flexibility index (Phi) is 15.5. The van der Waals surface area contributed by atoms with Crippen molar-refractivity contribution in [2.45, 2.75) is 69.3 Å². The second-order valence-corrected chi connectivity index (χ2v) is 17.7. The Morgan fingerprint density at radius 3 is 1.49 bits per heavy atom. The molecule has 29 heteroatoms. The summed E-state index contributed by atoms with van der Waals surface area (Å²) in [6.45, 7) is -1.90. The smallest absolute Gasteiger partial charge is 0.434 e. The number of rotatable bonds is 17. The lowest BCUT2D eigenvalue weighted by atomic mass is 10.1. The van der Waals surface area contributed by atoms with E-state index in [0.29, 0.717) is 39.4 Å². The average Bonchev–Trinajstić information content (AvgIpc) is 4.55. The fourth-order valence-corrected chi connectivity index (χ4v) is 7.85. The average molecular weight is 1110 g/mol. The minimum atomic E-state index is -4.66. The molecule has 414 valence electrons. The molecule has 0 radical (unpaired) electrons. The molecule has 0 aliphatic heterocycles. The Labute approximate surface area is 441 Å². The van der Waals surface area contributed by atoms with Crippen molar-refractivity contribution < 1.29 is 72.3 Å². The summed E-state index contributed by atoms with van der Waals surface area (Å²) in [4.78, 5) is 45.5. The fourth-order valence-electron chi connectivity index (χ4n) is 7.85. The number of benzene rings is 1. The number of hydrogen-bond donors (Lipinski definition) is 0. The summed E-state index contributed by atoms with van der Waals surface area (Å²) in [6, 6.07) is 7.41. The fraction of sp³-hybridized carbons (Fsp3) is 0.340. The third-order valence-corrected chi connectivity index (χ3v) is 11.9. The number of aryl methyl sites for hydroxylation is 2. The summed E-state index contributed by atoms with van der Waals surface area (Å²) in [5.74, 6) is 0.0176. The summed E-state index contributed by atoms with van der Waals surface area (Å²) in [5.41, 5.74) is 1.20. The maximum Gasteiger partial charge on any atom is 0.434 e. The highest BCUT2D eigenvalue weighted by Gasteiger charge is 2.37. The highest BCUT2D eigenvalue weighted by atomic mass is 19.4. The number of halogens is 10. The number of hydrogen-bond acceptors (Lipinski definition) is 17. The van der Waals surface area contributed by atoms with Crippen LogP contribution in [0.1, 0.15) is 71.4 Å². The first-order valence-corrected chi connectivity index (χ1v) is 23.6. The Hall–Kier alpha value is -8.79.